The van der Waals surface area contributed by atoms with Gasteiger partial charge >= 0.3 is 7.60 Å². The summed E-state index contributed by atoms with van der Waals surface area (Å²) in [5, 5.41) is -0.782. The van der Waals surface area contributed by atoms with Gasteiger partial charge in [0.25, 0.3) is 0 Å². The van der Waals surface area contributed by atoms with Crippen LogP contribution in [-0.2, 0) is 4.57 Å². The largest absolute Gasteiger partial charge is 0.331 e. The molecule has 0 aliphatic heterocycles. The van der Waals surface area contributed by atoms with E-state index < -0.39 is 12.8 Å². The molecule has 0 saturated carbocycles. The summed E-state index contributed by atoms with van der Waals surface area (Å²) in [6.07, 6.45) is 65.0. The molecular formula is C54H111O3P. The Morgan fingerprint density at radius 1 is 0.241 bits per heavy atom. The summed E-state index contributed by atoms with van der Waals surface area (Å²) in [6.45, 7) is 6.88. The first-order valence-electron chi connectivity index (χ1n) is 27.5. The number of unbranched alkanes of at least 4 members (excludes halogenated alkanes) is 44. The van der Waals surface area contributed by atoms with Crippen molar-refractivity contribution in [3.8, 4) is 0 Å². The summed E-state index contributed by atoms with van der Waals surface area (Å²) in [4.78, 5) is 21.8. The maximum Gasteiger partial charge on any atom is 0.331 e. The lowest BCUT2D eigenvalue weighted by molar-refractivity contribution is 0.281. The van der Waals surface area contributed by atoms with E-state index in [1.807, 2.05) is 0 Å². The zero-order chi connectivity index (χ0) is 42.4. The van der Waals surface area contributed by atoms with E-state index in [0.717, 1.165) is 57.8 Å². The molecule has 58 heavy (non-hydrogen) atoms. The van der Waals surface area contributed by atoms with Crippen LogP contribution in [0.1, 0.15) is 342 Å². The second-order valence-corrected chi connectivity index (χ2v) is 21.6. The van der Waals surface area contributed by atoms with Crippen molar-refractivity contribution >= 4 is 7.60 Å². The average Bonchev–Trinajstić information content (AvgIpc) is 3.21. The third kappa shape index (κ3) is 40.2. The lowest BCUT2D eigenvalue weighted by atomic mass is 9.88. The van der Waals surface area contributed by atoms with Crippen LogP contribution in [0.2, 0.25) is 0 Å². The van der Waals surface area contributed by atoms with Gasteiger partial charge in [-0.1, -0.05) is 323 Å². The predicted molar refractivity (Wildman–Crippen MR) is 263 cm³/mol. The topological polar surface area (TPSA) is 57.5 Å². The minimum absolute atomic E-state index is 0.729. The number of hydrogen-bond donors (Lipinski definition) is 2. The summed E-state index contributed by atoms with van der Waals surface area (Å²) in [5.41, 5.74) is 0. The van der Waals surface area contributed by atoms with Crippen LogP contribution >= 0.6 is 7.60 Å². The molecule has 0 atom stereocenters. The molecule has 350 valence electrons. The summed E-state index contributed by atoms with van der Waals surface area (Å²) in [6, 6.07) is 0. The van der Waals surface area contributed by atoms with Gasteiger partial charge in [0.15, 0.2) is 0 Å². The highest BCUT2D eigenvalue weighted by atomic mass is 31.2. The van der Waals surface area contributed by atoms with E-state index in [-0.39, 0.29) is 0 Å². The van der Waals surface area contributed by atoms with Crippen LogP contribution < -0.4 is 0 Å². The van der Waals surface area contributed by atoms with Crippen LogP contribution in [0, 0.1) is 0 Å². The molecule has 0 aromatic carbocycles. The Balaban J connectivity index is 4.45. The van der Waals surface area contributed by atoms with Crippen LogP contribution in [0.5, 0.6) is 0 Å². The molecule has 0 aliphatic rings. The first-order valence-corrected chi connectivity index (χ1v) is 29.1. The summed E-state index contributed by atoms with van der Waals surface area (Å²) >= 11 is 0. The molecule has 0 saturated heterocycles. The smallest absolute Gasteiger partial charge is 0.324 e. The third-order valence-corrected chi connectivity index (χ3v) is 15.8. The van der Waals surface area contributed by atoms with Crippen molar-refractivity contribution in [1.29, 1.82) is 0 Å². The van der Waals surface area contributed by atoms with Crippen LogP contribution in [0.3, 0.4) is 0 Å². The van der Waals surface area contributed by atoms with Crippen molar-refractivity contribution in [3.63, 3.8) is 0 Å². The molecular weight excluding hydrogens is 728 g/mol. The lowest BCUT2D eigenvalue weighted by Crippen LogP contribution is -2.29. The second-order valence-electron chi connectivity index (χ2n) is 19.6. The number of rotatable bonds is 51. The molecule has 2 N–H and O–H groups in total. The van der Waals surface area contributed by atoms with Crippen LogP contribution in [0.25, 0.3) is 0 Å². The monoisotopic (exact) mass is 839 g/mol. The Kier molecular flexibility index (Phi) is 46.8. The second kappa shape index (κ2) is 46.6. The van der Waals surface area contributed by atoms with Crippen LogP contribution in [0.4, 0.5) is 0 Å². The van der Waals surface area contributed by atoms with Crippen molar-refractivity contribution in [3.05, 3.63) is 0 Å². The maximum absolute atomic E-state index is 13.3. The molecule has 3 nitrogen and oxygen atoms in total. The minimum atomic E-state index is -4.17. The molecule has 4 heteroatoms. The minimum Gasteiger partial charge on any atom is -0.324 e. The van der Waals surface area contributed by atoms with Crippen LogP contribution in [0.15, 0.2) is 0 Å². The van der Waals surface area contributed by atoms with Gasteiger partial charge < -0.3 is 9.79 Å². The maximum atomic E-state index is 13.3. The van der Waals surface area contributed by atoms with Gasteiger partial charge in [0.05, 0.1) is 5.16 Å². The van der Waals surface area contributed by atoms with Gasteiger partial charge in [0, 0.05) is 0 Å². The highest BCUT2D eigenvalue weighted by molar-refractivity contribution is 7.53. The predicted octanol–water partition coefficient (Wildman–Crippen LogP) is 20.5. The molecule has 0 rings (SSSR count). The Bertz CT molecular complexity index is 772. The fraction of sp³-hybridized carbons (Fsp3) is 1.00. The van der Waals surface area contributed by atoms with Gasteiger partial charge in [-0.2, -0.15) is 0 Å². The van der Waals surface area contributed by atoms with Gasteiger partial charge in [-0.3, -0.25) is 4.57 Å². The van der Waals surface area contributed by atoms with E-state index in [2.05, 4.69) is 20.8 Å². The van der Waals surface area contributed by atoms with E-state index in [4.69, 9.17) is 0 Å². The van der Waals surface area contributed by atoms with E-state index in [1.165, 1.54) is 263 Å². The van der Waals surface area contributed by atoms with Gasteiger partial charge in [-0.15, -0.1) is 0 Å². The van der Waals surface area contributed by atoms with E-state index >= 15 is 0 Å². The zero-order valence-corrected chi connectivity index (χ0v) is 41.5. The fourth-order valence-corrected chi connectivity index (χ4v) is 11.0. The normalized spacial score (nSPS) is 12.3. The molecule has 0 heterocycles. The highest BCUT2D eigenvalue weighted by Gasteiger charge is 2.44. The third-order valence-electron chi connectivity index (χ3n) is 13.9. The SMILES string of the molecule is CCCCCCCCCCCCCCCCCCC(CCCCCCCCCCCCCCCCC)(CCCCCCCCCCCCCCCCCC)P(=O)(O)O. The molecule has 0 unspecified atom stereocenters. The Morgan fingerprint density at radius 2 is 0.362 bits per heavy atom. The van der Waals surface area contributed by atoms with Crippen LogP contribution in [-0.4, -0.2) is 14.9 Å². The fourth-order valence-electron chi connectivity index (χ4n) is 9.64. The molecule has 0 bridgehead atoms. The molecule has 0 amide bonds. The van der Waals surface area contributed by atoms with E-state index in [0.29, 0.717) is 0 Å². The molecule has 0 spiro atoms. The first-order chi connectivity index (χ1) is 28.4. The van der Waals surface area contributed by atoms with Crippen molar-refractivity contribution in [2.24, 2.45) is 0 Å². The average molecular weight is 839 g/mol. The van der Waals surface area contributed by atoms with Crippen molar-refractivity contribution in [2.75, 3.05) is 0 Å². The Hall–Kier alpha value is 0.150. The molecule has 0 fully saturated rings. The quantitative estimate of drug-likeness (QED) is 0.0474. The van der Waals surface area contributed by atoms with Crippen molar-refractivity contribution in [2.45, 2.75) is 347 Å². The van der Waals surface area contributed by atoms with Gasteiger partial charge in [0.1, 0.15) is 0 Å². The number of hydrogen-bond acceptors (Lipinski definition) is 1. The summed E-state index contributed by atoms with van der Waals surface area (Å²) in [5.74, 6) is 0. The Morgan fingerprint density at radius 3 is 0.483 bits per heavy atom. The Labute approximate surface area is 367 Å². The lowest BCUT2D eigenvalue weighted by Gasteiger charge is -2.35. The standard InChI is InChI=1S/C54H111O3P/c1-4-7-10-13-16-19-22-25-28-31-34-37-40-43-46-49-52-54(58(55,56)57,51-48-45-42-39-36-33-30-27-24-21-18-15-12-9-6-3)53-50-47-44-41-38-35-32-29-26-23-20-17-14-11-8-5-2/h4-53H2,1-3H3,(H2,55,56,57). The molecule has 0 aromatic heterocycles. The van der Waals surface area contributed by atoms with Crippen molar-refractivity contribution in [1.82, 2.24) is 0 Å². The van der Waals surface area contributed by atoms with Crippen molar-refractivity contribution < 1.29 is 14.4 Å². The molecule has 0 aromatic rings. The summed E-state index contributed by atoms with van der Waals surface area (Å²) < 4.78 is 13.3. The summed E-state index contributed by atoms with van der Waals surface area (Å²) in [7, 11) is -4.17. The molecule has 0 radical (unpaired) electrons. The van der Waals surface area contributed by atoms with E-state index in [1.54, 1.807) is 0 Å². The van der Waals surface area contributed by atoms with Gasteiger partial charge in [-0.05, 0) is 19.3 Å². The first kappa shape index (κ1) is 58.1. The van der Waals surface area contributed by atoms with E-state index in [9.17, 15) is 14.4 Å². The van der Waals surface area contributed by atoms with Gasteiger partial charge in [-0.25, -0.2) is 0 Å². The zero-order valence-electron chi connectivity index (χ0n) is 40.6. The highest BCUT2D eigenvalue weighted by Crippen LogP contribution is 2.58. The molecule has 0 aliphatic carbocycles. The van der Waals surface area contributed by atoms with Gasteiger partial charge in [0.2, 0.25) is 0 Å².